The Morgan fingerprint density at radius 3 is 1.95 bits per heavy atom. The Hall–Kier alpha value is -0.636. The third-order valence-corrected chi connectivity index (χ3v) is 19.1. The number of aliphatic hydroxyl groups excluding tert-OH is 1. The lowest BCUT2D eigenvalue weighted by molar-refractivity contribution is -0.144. The van der Waals surface area contributed by atoms with Crippen LogP contribution >= 0.6 is 22.6 Å². The molecule has 0 radical (unpaired) electrons. The van der Waals surface area contributed by atoms with Gasteiger partial charge in [0, 0.05) is 25.4 Å². The third-order valence-electron chi connectivity index (χ3n) is 9.49. The van der Waals surface area contributed by atoms with Crippen LogP contribution in [-0.4, -0.2) is 72.1 Å². The molecule has 0 amide bonds. The molecule has 0 aliphatic rings. The Morgan fingerprint density at radius 1 is 0.932 bits per heavy atom. The van der Waals surface area contributed by atoms with E-state index in [-0.39, 0.29) is 53.8 Å². The van der Waals surface area contributed by atoms with Gasteiger partial charge < -0.3 is 23.4 Å². The maximum absolute atomic E-state index is 12.5. The molecule has 0 spiro atoms. The fourth-order valence-electron chi connectivity index (χ4n) is 5.15. The van der Waals surface area contributed by atoms with Crippen LogP contribution in [0.25, 0.3) is 0 Å². The highest BCUT2D eigenvalue weighted by Crippen LogP contribution is 2.38. The minimum atomic E-state index is -2.09. The van der Waals surface area contributed by atoms with Crippen molar-refractivity contribution in [1.29, 1.82) is 0 Å². The van der Waals surface area contributed by atoms with Crippen LogP contribution in [0.5, 0.6) is 0 Å². The van der Waals surface area contributed by atoms with E-state index in [0.29, 0.717) is 0 Å². The lowest BCUT2D eigenvalue weighted by Crippen LogP contribution is -2.49. The average Bonchev–Trinajstić information content (AvgIpc) is 2.95. The molecule has 10 heteroatoms. The average molecular weight is 767 g/mol. The van der Waals surface area contributed by atoms with Crippen molar-refractivity contribution < 1.29 is 33.0 Å². The lowest BCUT2D eigenvalue weighted by atomic mass is 9.84. The number of carbonyl (C=O) groups excluding carboxylic acids is 2. The number of allylic oxidation sites excluding steroid dienone is 2. The fraction of sp³-hybridized carbons (Fsp3) is 0.765. The van der Waals surface area contributed by atoms with Gasteiger partial charge in [0.15, 0.2) is 16.6 Å². The molecule has 44 heavy (non-hydrogen) atoms. The molecule has 0 saturated heterocycles. The van der Waals surface area contributed by atoms with E-state index in [0.717, 1.165) is 30.1 Å². The second-order valence-corrected chi connectivity index (χ2v) is 23.8. The Kier molecular flexibility index (Phi) is 20.3. The summed E-state index contributed by atoms with van der Waals surface area (Å²) in [5, 5.41) is 11.3. The zero-order valence-corrected chi connectivity index (χ0v) is 34.0. The van der Waals surface area contributed by atoms with Gasteiger partial charge in [-0.3, -0.25) is 9.59 Å². The molecule has 0 aromatic heterocycles. The Labute approximate surface area is 285 Å². The molecule has 6 atom stereocenters. The zero-order chi connectivity index (χ0) is 34.3. The van der Waals surface area contributed by atoms with Gasteiger partial charge in [0.05, 0.1) is 31.5 Å². The number of ether oxygens (including phenoxy) is 2. The minimum Gasteiger partial charge on any atom is -0.469 e. The topological polar surface area (TPSA) is 91.3 Å². The van der Waals surface area contributed by atoms with E-state index in [1.807, 2.05) is 23.2 Å². The molecule has 0 heterocycles. The van der Waals surface area contributed by atoms with Crippen LogP contribution in [0.3, 0.4) is 0 Å². The molecular formula is C34H63IO7Si2. The first kappa shape index (κ1) is 43.4. The first-order valence-corrected chi connectivity index (χ1v) is 22.8. The SMILES string of the molecule is CC[Si](CC)(CC)O[C@H]([C@H](C)[C@@H](O)CC(=O)CC(=O)OC)[C@H](C)[C@@H](/C=C(\C)C[C@H](/C=C/C=C/I)O[Si](C)(C)C(C)(C)C)OC. The van der Waals surface area contributed by atoms with Gasteiger partial charge in [-0.25, -0.2) is 0 Å². The summed E-state index contributed by atoms with van der Waals surface area (Å²) in [4.78, 5) is 24.2. The third kappa shape index (κ3) is 14.4. The first-order chi connectivity index (χ1) is 20.4. The highest BCUT2D eigenvalue weighted by molar-refractivity contribution is 14.1. The number of halogens is 1. The maximum atomic E-state index is 12.5. The van der Waals surface area contributed by atoms with Crippen molar-refractivity contribution in [1.82, 2.24) is 0 Å². The number of carbonyl (C=O) groups is 2. The second kappa shape index (κ2) is 20.6. The van der Waals surface area contributed by atoms with E-state index in [2.05, 4.69) is 108 Å². The van der Waals surface area contributed by atoms with Crippen molar-refractivity contribution in [3.05, 3.63) is 34.0 Å². The van der Waals surface area contributed by atoms with E-state index in [4.69, 9.17) is 13.6 Å². The van der Waals surface area contributed by atoms with Crippen LogP contribution in [0.4, 0.5) is 0 Å². The van der Waals surface area contributed by atoms with E-state index < -0.39 is 28.7 Å². The normalized spacial score (nSPS) is 17.8. The van der Waals surface area contributed by atoms with Gasteiger partial charge in [-0.2, -0.15) is 0 Å². The van der Waals surface area contributed by atoms with Gasteiger partial charge in [0.1, 0.15) is 12.2 Å². The van der Waals surface area contributed by atoms with Crippen LogP contribution in [0, 0.1) is 11.8 Å². The Bertz CT molecular complexity index is 946. The van der Waals surface area contributed by atoms with E-state index >= 15 is 0 Å². The number of rotatable bonds is 21. The van der Waals surface area contributed by atoms with E-state index in [1.165, 1.54) is 7.11 Å². The molecule has 1 N–H and O–H groups in total. The lowest BCUT2D eigenvalue weighted by Gasteiger charge is -2.42. The highest BCUT2D eigenvalue weighted by Gasteiger charge is 2.41. The van der Waals surface area contributed by atoms with Crippen LogP contribution in [0.15, 0.2) is 34.0 Å². The summed E-state index contributed by atoms with van der Waals surface area (Å²) in [5.74, 6) is -1.40. The maximum Gasteiger partial charge on any atom is 0.313 e. The van der Waals surface area contributed by atoms with Gasteiger partial charge in [-0.1, -0.05) is 108 Å². The van der Waals surface area contributed by atoms with Crippen LogP contribution in [-0.2, 0) is 27.9 Å². The highest BCUT2D eigenvalue weighted by atomic mass is 127. The second-order valence-electron chi connectivity index (χ2n) is 13.6. The molecule has 0 rings (SSSR count). The van der Waals surface area contributed by atoms with Gasteiger partial charge in [0.2, 0.25) is 0 Å². The molecular weight excluding hydrogens is 703 g/mol. The van der Waals surface area contributed by atoms with Crippen molar-refractivity contribution in [2.75, 3.05) is 14.2 Å². The number of hydrogen-bond acceptors (Lipinski definition) is 7. The summed E-state index contributed by atoms with van der Waals surface area (Å²) in [5.41, 5.74) is 1.15. The van der Waals surface area contributed by atoms with Crippen LogP contribution in [0.2, 0.25) is 36.3 Å². The van der Waals surface area contributed by atoms with Gasteiger partial charge >= 0.3 is 5.97 Å². The first-order valence-electron chi connectivity index (χ1n) is 16.1. The van der Waals surface area contributed by atoms with Crippen molar-refractivity contribution >= 4 is 51.0 Å². The molecule has 0 aromatic rings. The van der Waals surface area contributed by atoms with Crippen molar-refractivity contribution in [2.45, 2.75) is 142 Å². The molecule has 0 aliphatic carbocycles. The monoisotopic (exact) mass is 766 g/mol. The van der Waals surface area contributed by atoms with E-state index in [9.17, 15) is 14.7 Å². The van der Waals surface area contributed by atoms with Crippen LogP contribution in [0.1, 0.15) is 81.6 Å². The molecule has 256 valence electrons. The summed E-state index contributed by atoms with van der Waals surface area (Å²) in [7, 11) is -1.14. The summed E-state index contributed by atoms with van der Waals surface area (Å²) in [6.07, 6.45) is 6.98. The molecule has 0 aliphatic heterocycles. The zero-order valence-electron chi connectivity index (χ0n) is 29.9. The minimum absolute atomic E-state index is 0.0681. The van der Waals surface area contributed by atoms with Gasteiger partial charge in [-0.15, -0.1) is 0 Å². The Balaban J connectivity index is 6.36. The van der Waals surface area contributed by atoms with Crippen molar-refractivity contribution in [3.8, 4) is 0 Å². The number of Topliss-reactive ketones (excluding diaryl/α,β-unsaturated/α-hetero) is 1. The Morgan fingerprint density at radius 2 is 1.50 bits per heavy atom. The summed E-state index contributed by atoms with van der Waals surface area (Å²) < 4.78 is 26.6. The molecule has 0 unspecified atom stereocenters. The van der Waals surface area contributed by atoms with Crippen molar-refractivity contribution in [2.24, 2.45) is 11.8 Å². The van der Waals surface area contributed by atoms with E-state index in [1.54, 1.807) is 7.11 Å². The fourth-order valence-corrected chi connectivity index (χ4v) is 9.67. The van der Waals surface area contributed by atoms with Crippen LogP contribution < -0.4 is 0 Å². The predicted molar refractivity (Wildman–Crippen MR) is 196 cm³/mol. The number of aliphatic hydroxyl groups is 1. The molecule has 0 saturated carbocycles. The standard InChI is InChI=1S/C34H63IO7Si2/c1-14-44(15-2,16-3)42-33(26(5)30(37)23-28(36)24-32(38)40-11)27(6)31(39-10)22-25(4)21-29(19-17-18-20-35)41-43(12,13)34(7,8)9/h17-20,22,26-27,29-31,33,37H,14-16,21,23-24H2,1-13H3/b19-17+,20-18+,25-22+/t26-,27-,29+,30+,31-,33-/m1/s1. The summed E-state index contributed by atoms with van der Waals surface area (Å²) in [6, 6.07) is 2.89. The van der Waals surface area contributed by atoms with Gasteiger partial charge in [0.25, 0.3) is 0 Å². The number of esters is 1. The molecule has 7 nitrogen and oxygen atoms in total. The molecule has 0 aromatic carbocycles. The predicted octanol–water partition coefficient (Wildman–Crippen LogP) is 8.78. The number of ketones is 1. The van der Waals surface area contributed by atoms with Crippen molar-refractivity contribution in [3.63, 3.8) is 0 Å². The van der Waals surface area contributed by atoms with Gasteiger partial charge in [-0.05, 0) is 53.7 Å². The summed E-state index contributed by atoms with van der Waals surface area (Å²) in [6.45, 7) is 24.0. The summed E-state index contributed by atoms with van der Waals surface area (Å²) >= 11 is 2.22. The number of hydrogen-bond donors (Lipinski definition) is 1. The molecule has 0 bridgehead atoms. The smallest absolute Gasteiger partial charge is 0.313 e. The number of methoxy groups -OCH3 is 2. The molecule has 0 fully saturated rings. The largest absolute Gasteiger partial charge is 0.469 e. The quantitative estimate of drug-likeness (QED) is 0.0312.